The van der Waals surface area contributed by atoms with Gasteiger partial charge in [-0.1, -0.05) is 0 Å². The Bertz CT molecular complexity index is 804. The number of rotatable bonds is 3. The van der Waals surface area contributed by atoms with Crippen molar-refractivity contribution < 1.29 is 13.2 Å². The SMILES string of the molecule is Cc1nc(C)c(CN2CCC3CN(c4cc(C(F)(F)F)ccn4)CC32)s1. The number of hydrogen-bond acceptors (Lipinski definition) is 5. The van der Waals surface area contributed by atoms with Gasteiger partial charge in [-0.15, -0.1) is 11.3 Å². The van der Waals surface area contributed by atoms with E-state index in [-0.39, 0.29) is 0 Å². The summed E-state index contributed by atoms with van der Waals surface area (Å²) in [7, 11) is 0. The van der Waals surface area contributed by atoms with Gasteiger partial charge in [0, 0.05) is 36.8 Å². The molecule has 0 aromatic carbocycles. The number of pyridine rings is 1. The molecule has 8 heteroatoms. The van der Waals surface area contributed by atoms with Gasteiger partial charge in [0.15, 0.2) is 0 Å². The van der Waals surface area contributed by atoms with Crippen molar-refractivity contribution in [1.29, 1.82) is 0 Å². The van der Waals surface area contributed by atoms with Crippen LogP contribution in [0.25, 0.3) is 0 Å². The van der Waals surface area contributed by atoms with Crippen LogP contribution in [0.3, 0.4) is 0 Å². The lowest BCUT2D eigenvalue weighted by Gasteiger charge is -2.25. The van der Waals surface area contributed by atoms with Gasteiger partial charge in [-0.25, -0.2) is 9.97 Å². The molecule has 0 saturated carbocycles. The first-order chi connectivity index (χ1) is 12.3. The topological polar surface area (TPSA) is 32.3 Å². The number of hydrogen-bond donors (Lipinski definition) is 0. The maximum absolute atomic E-state index is 13.0. The second-order valence-corrected chi connectivity index (χ2v) is 8.42. The van der Waals surface area contributed by atoms with E-state index in [4.69, 9.17) is 0 Å². The summed E-state index contributed by atoms with van der Waals surface area (Å²) in [6.45, 7) is 7.48. The number of alkyl halides is 3. The van der Waals surface area contributed by atoms with Gasteiger partial charge >= 0.3 is 6.18 Å². The highest BCUT2D eigenvalue weighted by Gasteiger charge is 2.42. The lowest BCUT2D eigenvalue weighted by molar-refractivity contribution is -0.137. The van der Waals surface area contributed by atoms with Gasteiger partial charge in [-0.2, -0.15) is 13.2 Å². The molecule has 0 radical (unpaired) electrons. The fraction of sp³-hybridized carbons (Fsp3) is 0.556. The predicted molar refractivity (Wildman–Crippen MR) is 95.3 cm³/mol. The molecule has 2 unspecified atom stereocenters. The number of aryl methyl sites for hydroxylation is 2. The normalized spacial score (nSPS) is 23.7. The molecular formula is C18H21F3N4S. The summed E-state index contributed by atoms with van der Waals surface area (Å²) in [5.74, 6) is 0.916. The summed E-state index contributed by atoms with van der Waals surface area (Å²) in [6, 6.07) is 2.57. The summed E-state index contributed by atoms with van der Waals surface area (Å²) in [4.78, 5) is 14.4. The second-order valence-electron chi connectivity index (χ2n) is 7.13. The highest BCUT2D eigenvalue weighted by Crippen LogP contribution is 2.37. The third kappa shape index (κ3) is 3.32. The van der Waals surface area contributed by atoms with Crippen molar-refractivity contribution in [2.24, 2.45) is 5.92 Å². The number of thiazole rings is 1. The molecule has 2 saturated heterocycles. The minimum absolute atomic E-state index is 0.369. The Morgan fingerprint density at radius 3 is 2.77 bits per heavy atom. The van der Waals surface area contributed by atoms with Crippen molar-refractivity contribution in [3.8, 4) is 0 Å². The van der Waals surface area contributed by atoms with E-state index in [1.807, 2.05) is 18.7 Å². The van der Waals surface area contributed by atoms with Crippen LogP contribution in [-0.2, 0) is 12.7 Å². The number of nitrogens with zero attached hydrogens (tertiary/aromatic N) is 4. The minimum Gasteiger partial charge on any atom is -0.355 e. The maximum Gasteiger partial charge on any atom is 0.416 e. The van der Waals surface area contributed by atoms with Crippen molar-refractivity contribution in [2.45, 2.75) is 39.0 Å². The molecule has 2 fully saturated rings. The van der Waals surface area contributed by atoms with Crippen molar-refractivity contribution in [3.05, 3.63) is 39.5 Å². The van der Waals surface area contributed by atoms with E-state index in [0.717, 1.165) is 49.4 Å². The van der Waals surface area contributed by atoms with Gasteiger partial charge in [0.05, 0.1) is 16.3 Å². The van der Waals surface area contributed by atoms with Crippen LogP contribution < -0.4 is 4.90 Å². The average molecular weight is 382 g/mol. The van der Waals surface area contributed by atoms with Crippen LogP contribution in [0.15, 0.2) is 18.3 Å². The Morgan fingerprint density at radius 1 is 1.27 bits per heavy atom. The first-order valence-electron chi connectivity index (χ1n) is 8.76. The Hall–Kier alpha value is -1.67. The summed E-state index contributed by atoms with van der Waals surface area (Å²) >= 11 is 1.73. The second kappa shape index (κ2) is 6.49. The third-order valence-electron chi connectivity index (χ3n) is 5.41. The van der Waals surface area contributed by atoms with Crippen molar-refractivity contribution in [1.82, 2.24) is 14.9 Å². The number of aromatic nitrogens is 2. The lowest BCUT2D eigenvalue weighted by Crippen LogP contribution is -2.35. The fourth-order valence-electron chi connectivity index (χ4n) is 4.10. The minimum atomic E-state index is -4.33. The van der Waals surface area contributed by atoms with E-state index < -0.39 is 11.7 Å². The largest absolute Gasteiger partial charge is 0.416 e. The molecule has 4 nitrogen and oxygen atoms in total. The first-order valence-corrected chi connectivity index (χ1v) is 9.58. The molecule has 2 atom stereocenters. The van der Waals surface area contributed by atoms with E-state index >= 15 is 0 Å². The summed E-state index contributed by atoms with van der Waals surface area (Å²) in [6.07, 6.45) is -1.99. The summed E-state index contributed by atoms with van der Waals surface area (Å²) in [5, 5.41) is 1.08. The lowest BCUT2D eigenvalue weighted by atomic mass is 10.1. The number of anilines is 1. The van der Waals surface area contributed by atoms with E-state index in [1.165, 1.54) is 17.1 Å². The molecule has 4 heterocycles. The Labute approximate surface area is 154 Å². The van der Waals surface area contributed by atoms with Crippen molar-refractivity contribution >= 4 is 17.2 Å². The molecule has 0 amide bonds. The molecule has 0 N–H and O–H groups in total. The van der Waals surface area contributed by atoms with Gasteiger partial charge in [0.1, 0.15) is 5.82 Å². The molecule has 26 heavy (non-hydrogen) atoms. The number of halogens is 3. The van der Waals surface area contributed by atoms with Crippen molar-refractivity contribution in [3.63, 3.8) is 0 Å². The molecule has 4 rings (SSSR count). The standard InChI is InChI=1S/C18H21F3N4S/c1-11-16(26-12(2)23-11)10-24-6-4-13-8-25(9-15(13)24)17-7-14(3-5-22-17)18(19,20)21/h3,5,7,13,15H,4,6,8-10H2,1-2H3. The Balaban J connectivity index is 1.49. The highest BCUT2D eigenvalue weighted by atomic mass is 32.1. The summed E-state index contributed by atoms with van der Waals surface area (Å²) < 4.78 is 38.9. The van der Waals surface area contributed by atoms with E-state index in [9.17, 15) is 13.2 Å². The Kier molecular flexibility index (Phi) is 4.43. The van der Waals surface area contributed by atoms with E-state index in [1.54, 1.807) is 11.3 Å². The van der Waals surface area contributed by atoms with Crippen LogP contribution in [0.4, 0.5) is 19.0 Å². The van der Waals surface area contributed by atoms with Crippen molar-refractivity contribution in [2.75, 3.05) is 24.5 Å². The summed E-state index contributed by atoms with van der Waals surface area (Å²) in [5.41, 5.74) is 0.456. The molecule has 140 valence electrons. The molecule has 2 aromatic rings. The zero-order valence-electron chi connectivity index (χ0n) is 14.8. The number of likely N-dealkylation sites (tertiary alicyclic amines) is 1. The van der Waals surface area contributed by atoms with Crippen LogP contribution in [0.1, 0.15) is 27.6 Å². The molecule has 0 bridgehead atoms. The molecule has 0 aliphatic carbocycles. The molecular weight excluding hydrogens is 361 g/mol. The van der Waals surface area contributed by atoms with E-state index in [2.05, 4.69) is 14.9 Å². The maximum atomic E-state index is 13.0. The Morgan fingerprint density at radius 2 is 2.08 bits per heavy atom. The highest BCUT2D eigenvalue weighted by molar-refractivity contribution is 7.11. The molecule has 2 aliphatic heterocycles. The first kappa shape index (κ1) is 17.7. The number of fused-ring (bicyclic) bond motifs is 1. The van der Waals surface area contributed by atoms with Gasteiger partial charge < -0.3 is 4.90 Å². The smallest absolute Gasteiger partial charge is 0.355 e. The molecule has 2 aromatic heterocycles. The molecule has 0 spiro atoms. The molecule has 2 aliphatic rings. The third-order valence-corrected chi connectivity index (χ3v) is 6.46. The van der Waals surface area contributed by atoms with Gasteiger partial charge in [0.25, 0.3) is 0 Å². The monoisotopic (exact) mass is 382 g/mol. The van der Waals surface area contributed by atoms with Crippen LogP contribution in [0, 0.1) is 19.8 Å². The van der Waals surface area contributed by atoms with E-state index in [0.29, 0.717) is 17.8 Å². The van der Waals surface area contributed by atoms with Crippen LogP contribution in [0.5, 0.6) is 0 Å². The van der Waals surface area contributed by atoms with Crippen LogP contribution >= 0.6 is 11.3 Å². The van der Waals surface area contributed by atoms with Gasteiger partial charge in [0.2, 0.25) is 0 Å². The van der Waals surface area contributed by atoms with Crippen LogP contribution in [-0.4, -0.2) is 40.5 Å². The predicted octanol–water partition coefficient (Wildman–Crippen LogP) is 3.88. The van der Waals surface area contributed by atoms with Gasteiger partial charge in [-0.05, 0) is 44.9 Å². The van der Waals surface area contributed by atoms with Gasteiger partial charge in [-0.3, -0.25) is 4.90 Å². The average Bonchev–Trinajstić information content (AvgIpc) is 3.23. The zero-order valence-corrected chi connectivity index (χ0v) is 15.6. The van der Waals surface area contributed by atoms with Crippen LogP contribution in [0.2, 0.25) is 0 Å². The fourth-order valence-corrected chi connectivity index (χ4v) is 5.07. The zero-order chi connectivity index (χ0) is 18.5. The quantitative estimate of drug-likeness (QED) is 0.806.